The molecule has 1 aromatic carbocycles. The largest absolute Gasteiger partial charge is 0.480 e. The Morgan fingerprint density at radius 1 is 1.33 bits per heavy atom. The third kappa shape index (κ3) is 2.24. The lowest BCUT2D eigenvalue weighted by Crippen LogP contribution is -2.40. The zero-order valence-electron chi connectivity index (χ0n) is 9.56. The second-order valence-corrected chi connectivity index (χ2v) is 6.13. The number of rotatable bonds is 3. The minimum Gasteiger partial charge on any atom is -0.480 e. The second-order valence-electron chi connectivity index (χ2n) is 4.24. The van der Waals surface area contributed by atoms with Crippen molar-refractivity contribution in [1.29, 1.82) is 0 Å². The average molecular weight is 270 g/mol. The molecule has 1 saturated heterocycles. The molecular formula is C11H14N2O4S. The summed E-state index contributed by atoms with van der Waals surface area (Å²) in [6.45, 7) is 0.0359. The smallest absolute Gasteiger partial charge is 0.322 e. The fourth-order valence-corrected chi connectivity index (χ4v) is 3.73. The van der Waals surface area contributed by atoms with Gasteiger partial charge in [-0.1, -0.05) is 18.2 Å². The lowest BCUT2D eigenvalue weighted by Gasteiger charge is -2.20. The Hall–Kier alpha value is -1.44. The molecule has 1 aromatic rings. The fraction of sp³-hybridized carbons (Fsp3) is 0.364. The molecule has 1 heterocycles. The fourth-order valence-electron chi connectivity index (χ4n) is 2.05. The topological polar surface area (TPSA) is 101 Å². The molecular weight excluding hydrogens is 256 g/mol. The van der Waals surface area contributed by atoms with Crippen LogP contribution in [0.2, 0.25) is 0 Å². The van der Waals surface area contributed by atoms with Gasteiger partial charge < -0.3 is 10.8 Å². The number of hydrogen-bond donors (Lipinski definition) is 2. The van der Waals surface area contributed by atoms with Crippen LogP contribution in [0.3, 0.4) is 0 Å². The summed E-state index contributed by atoms with van der Waals surface area (Å²) in [5.74, 6) is -1.16. The molecule has 1 unspecified atom stereocenters. The van der Waals surface area contributed by atoms with Gasteiger partial charge in [-0.2, -0.15) is 4.31 Å². The molecule has 18 heavy (non-hydrogen) atoms. The van der Waals surface area contributed by atoms with Gasteiger partial charge in [-0.15, -0.1) is 0 Å². The first-order valence-electron chi connectivity index (χ1n) is 5.48. The van der Waals surface area contributed by atoms with Crippen LogP contribution in [0.25, 0.3) is 0 Å². The van der Waals surface area contributed by atoms with Crippen LogP contribution < -0.4 is 5.73 Å². The Balaban J connectivity index is 2.38. The Kier molecular flexibility index (Phi) is 3.38. The second kappa shape index (κ2) is 4.68. The van der Waals surface area contributed by atoms with Crippen molar-refractivity contribution < 1.29 is 18.3 Å². The van der Waals surface area contributed by atoms with Gasteiger partial charge in [0.1, 0.15) is 6.04 Å². The zero-order chi connectivity index (χ0) is 13.3. The molecule has 98 valence electrons. The van der Waals surface area contributed by atoms with E-state index in [-0.39, 0.29) is 17.9 Å². The first-order chi connectivity index (χ1) is 8.43. The van der Waals surface area contributed by atoms with Crippen LogP contribution in [0, 0.1) is 0 Å². The number of hydrogen-bond acceptors (Lipinski definition) is 4. The number of carbonyl (C=O) groups is 1. The predicted octanol–water partition coefficient (Wildman–Crippen LogP) is -0.138. The van der Waals surface area contributed by atoms with Crippen LogP contribution in [0.1, 0.15) is 6.42 Å². The highest BCUT2D eigenvalue weighted by atomic mass is 32.2. The molecule has 6 nitrogen and oxygen atoms in total. The van der Waals surface area contributed by atoms with Crippen molar-refractivity contribution in [3.63, 3.8) is 0 Å². The van der Waals surface area contributed by atoms with E-state index in [0.717, 1.165) is 4.31 Å². The summed E-state index contributed by atoms with van der Waals surface area (Å²) in [4.78, 5) is 11.2. The number of carboxylic acid groups (broad SMARTS) is 1. The third-order valence-corrected chi connectivity index (χ3v) is 4.81. The Morgan fingerprint density at radius 2 is 1.94 bits per heavy atom. The number of sulfonamides is 1. The van der Waals surface area contributed by atoms with Gasteiger partial charge >= 0.3 is 5.97 Å². The monoisotopic (exact) mass is 270 g/mol. The van der Waals surface area contributed by atoms with Crippen molar-refractivity contribution in [2.45, 2.75) is 23.4 Å². The van der Waals surface area contributed by atoms with E-state index in [0.29, 0.717) is 0 Å². The van der Waals surface area contributed by atoms with Crippen molar-refractivity contribution in [1.82, 2.24) is 4.31 Å². The molecule has 0 aliphatic carbocycles. The number of carboxylic acids is 1. The molecule has 2 atom stereocenters. The van der Waals surface area contributed by atoms with Gasteiger partial charge in [-0.25, -0.2) is 8.42 Å². The van der Waals surface area contributed by atoms with Crippen LogP contribution in [-0.2, 0) is 14.8 Å². The lowest BCUT2D eigenvalue weighted by atomic mass is 10.2. The van der Waals surface area contributed by atoms with Gasteiger partial charge in [0.2, 0.25) is 10.0 Å². The van der Waals surface area contributed by atoms with Crippen LogP contribution >= 0.6 is 0 Å². The average Bonchev–Trinajstić information content (AvgIpc) is 2.73. The first kappa shape index (κ1) is 13.0. The maximum Gasteiger partial charge on any atom is 0.322 e. The van der Waals surface area contributed by atoms with Gasteiger partial charge in [0.15, 0.2) is 0 Å². The van der Waals surface area contributed by atoms with Crippen molar-refractivity contribution in [3.05, 3.63) is 30.3 Å². The molecule has 0 amide bonds. The minimum atomic E-state index is -3.79. The maximum atomic E-state index is 12.3. The van der Waals surface area contributed by atoms with E-state index in [4.69, 9.17) is 10.8 Å². The molecule has 1 fully saturated rings. The van der Waals surface area contributed by atoms with Crippen LogP contribution in [0.15, 0.2) is 35.2 Å². The summed E-state index contributed by atoms with van der Waals surface area (Å²) in [5.41, 5.74) is 5.66. The van der Waals surface area contributed by atoms with Crippen molar-refractivity contribution in [2.24, 2.45) is 5.73 Å². The lowest BCUT2D eigenvalue weighted by molar-refractivity contribution is -0.140. The van der Waals surface area contributed by atoms with Crippen LogP contribution in [0.5, 0.6) is 0 Å². The van der Waals surface area contributed by atoms with Gasteiger partial charge in [-0.05, 0) is 18.6 Å². The van der Waals surface area contributed by atoms with E-state index in [2.05, 4.69) is 0 Å². The third-order valence-electron chi connectivity index (χ3n) is 2.92. The predicted molar refractivity (Wildman–Crippen MR) is 64.4 cm³/mol. The van der Waals surface area contributed by atoms with Crippen molar-refractivity contribution >= 4 is 16.0 Å². The molecule has 0 radical (unpaired) electrons. The summed E-state index contributed by atoms with van der Waals surface area (Å²) >= 11 is 0. The zero-order valence-corrected chi connectivity index (χ0v) is 10.4. The Bertz CT molecular complexity index is 543. The summed E-state index contributed by atoms with van der Waals surface area (Å²) in [6.07, 6.45) is 0.140. The number of nitrogens with zero attached hydrogens (tertiary/aromatic N) is 1. The molecule has 1 aliphatic heterocycles. The minimum absolute atomic E-state index is 0.0359. The summed E-state index contributed by atoms with van der Waals surface area (Å²) in [7, 11) is -3.79. The first-order valence-corrected chi connectivity index (χ1v) is 6.92. The summed E-state index contributed by atoms with van der Waals surface area (Å²) in [6, 6.07) is 6.26. The molecule has 3 N–H and O–H groups in total. The summed E-state index contributed by atoms with van der Waals surface area (Å²) in [5, 5.41) is 9.05. The van der Waals surface area contributed by atoms with E-state index in [1.165, 1.54) is 12.1 Å². The SMILES string of the molecule is NC1C[C@@H](C(=O)O)N(S(=O)(=O)c2ccccc2)C1. The van der Waals surface area contributed by atoms with E-state index < -0.39 is 28.1 Å². The number of benzene rings is 1. The van der Waals surface area contributed by atoms with E-state index in [1.807, 2.05) is 0 Å². The molecule has 1 aliphatic rings. The molecule has 0 aromatic heterocycles. The van der Waals surface area contributed by atoms with Crippen LogP contribution in [0.4, 0.5) is 0 Å². The van der Waals surface area contributed by atoms with E-state index >= 15 is 0 Å². The Labute approximate surface area is 105 Å². The van der Waals surface area contributed by atoms with Gasteiger partial charge in [-0.3, -0.25) is 4.79 Å². The van der Waals surface area contributed by atoms with Crippen LogP contribution in [-0.4, -0.2) is 42.4 Å². The molecule has 2 rings (SSSR count). The normalized spacial score (nSPS) is 25.2. The van der Waals surface area contributed by atoms with Gasteiger partial charge in [0.05, 0.1) is 4.90 Å². The van der Waals surface area contributed by atoms with Gasteiger partial charge in [0.25, 0.3) is 0 Å². The van der Waals surface area contributed by atoms with Crippen molar-refractivity contribution in [3.8, 4) is 0 Å². The Morgan fingerprint density at radius 3 is 2.50 bits per heavy atom. The molecule has 0 bridgehead atoms. The van der Waals surface area contributed by atoms with Gasteiger partial charge in [0, 0.05) is 12.6 Å². The maximum absolute atomic E-state index is 12.3. The highest BCUT2D eigenvalue weighted by molar-refractivity contribution is 7.89. The highest BCUT2D eigenvalue weighted by Gasteiger charge is 2.42. The molecule has 0 saturated carbocycles. The molecule has 7 heteroatoms. The molecule has 0 spiro atoms. The summed E-state index contributed by atoms with van der Waals surface area (Å²) < 4.78 is 25.6. The van der Waals surface area contributed by atoms with E-state index in [9.17, 15) is 13.2 Å². The quantitative estimate of drug-likeness (QED) is 0.796. The van der Waals surface area contributed by atoms with Crippen molar-refractivity contribution in [2.75, 3.05) is 6.54 Å². The standard InChI is InChI=1S/C11H14N2O4S/c12-8-6-10(11(14)15)13(7-8)18(16,17)9-4-2-1-3-5-9/h1-5,8,10H,6-7,12H2,(H,14,15)/t8?,10-/m0/s1. The number of nitrogens with two attached hydrogens (primary N) is 1. The highest BCUT2D eigenvalue weighted by Crippen LogP contribution is 2.25. The van der Waals surface area contributed by atoms with E-state index in [1.54, 1.807) is 18.2 Å². The number of aliphatic carboxylic acids is 1.